The second-order valence-electron chi connectivity index (χ2n) is 7.41. The highest BCUT2D eigenvalue weighted by molar-refractivity contribution is 5.99. The van der Waals surface area contributed by atoms with Crippen LogP contribution in [0.3, 0.4) is 0 Å². The van der Waals surface area contributed by atoms with Gasteiger partial charge in [0.2, 0.25) is 0 Å². The van der Waals surface area contributed by atoms with Crippen molar-refractivity contribution < 1.29 is 0 Å². The first-order valence-corrected chi connectivity index (χ1v) is 9.06. The van der Waals surface area contributed by atoms with Crippen molar-refractivity contribution in [1.82, 2.24) is 0 Å². The predicted octanol–water partition coefficient (Wildman–Crippen LogP) is 6.82. The second-order valence-corrected chi connectivity index (χ2v) is 7.41. The molecule has 0 saturated carbocycles. The van der Waals surface area contributed by atoms with Crippen LogP contribution < -0.4 is 0 Å². The molecule has 1 heteroatoms. The third-order valence-electron chi connectivity index (χ3n) is 4.94. The summed E-state index contributed by atoms with van der Waals surface area (Å²) in [5.74, 6) is 0. The van der Waals surface area contributed by atoms with Crippen LogP contribution in [0.5, 0.6) is 0 Å². The van der Waals surface area contributed by atoms with Gasteiger partial charge in [0.05, 0.1) is 5.69 Å². The van der Waals surface area contributed by atoms with Crippen molar-refractivity contribution in [2.75, 3.05) is 0 Å². The van der Waals surface area contributed by atoms with Crippen LogP contribution in [0, 0.1) is 41.5 Å². The van der Waals surface area contributed by atoms with Gasteiger partial charge in [0, 0.05) is 5.71 Å². The fourth-order valence-electron chi connectivity index (χ4n) is 3.54. The lowest BCUT2D eigenvalue weighted by molar-refractivity contribution is 1.14. The summed E-state index contributed by atoms with van der Waals surface area (Å²) in [6, 6.07) is 8.95. The number of aliphatic imine (C=N–C) groups is 1. The Bertz CT molecular complexity index is 804. The van der Waals surface area contributed by atoms with E-state index in [-0.39, 0.29) is 0 Å². The number of rotatable bonds is 4. The summed E-state index contributed by atoms with van der Waals surface area (Å²) in [5, 5.41) is 0. The summed E-state index contributed by atoms with van der Waals surface area (Å²) in [7, 11) is 0. The molecule has 0 amide bonds. The monoisotopic (exact) mass is 333 g/mol. The Labute approximate surface area is 153 Å². The first kappa shape index (κ1) is 19.2. The van der Waals surface area contributed by atoms with Crippen molar-refractivity contribution in [3.05, 3.63) is 74.9 Å². The lowest BCUT2D eigenvalue weighted by Crippen LogP contribution is -1.98. The molecule has 0 radical (unpaired) electrons. The van der Waals surface area contributed by atoms with Gasteiger partial charge in [-0.1, -0.05) is 41.5 Å². The zero-order chi connectivity index (χ0) is 18.7. The Hall–Kier alpha value is -2.15. The maximum atomic E-state index is 4.92. The van der Waals surface area contributed by atoms with Crippen LogP contribution in [0.25, 0.3) is 0 Å². The van der Waals surface area contributed by atoms with Gasteiger partial charge < -0.3 is 0 Å². The largest absolute Gasteiger partial charge is 0.253 e. The number of aryl methyl sites for hydroxylation is 6. The predicted molar refractivity (Wildman–Crippen MR) is 112 cm³/mol. The number of benzene rings is 2. The maximum Gasteiger partial charge on any atom is 0.0691 e. The standard InChI is InChI=1S/C24H31N/c1-15-11-18(4)23(19(5)12-15)10-9-17(3)22(8)25-24-20(6)13-16(2)14-21(24)7/h9,11-14H,10H2,1-8H3. The van der Waals surface area contributed by atoms with Gasteiger partial charge in [-0.3, -0.25) is 4.99 Å². The van der Waals surface area contributed by atoms with Crippen LogP contribution in [0.15, 0.2) is 40.9 Å². The summed E-state index contributed by atoms with van der Waals surface area (Å²) in [6.07, 6.45) is 3.27. The van der Waals surface area contributed by atoms with Crippen LogP contribution in [0.2, 0.25) is 0 Å². The molecule has 2 aromatic rings. The van der Waals surface area contributed by atoms with Gasteiger partial charge in [-0.15, -0.1) is 0 Å². The highest BCUT2D eigenvalue weighted by Gasteiger charge is 2.06. The van der Waals surface area contributed by atoms with Crippen molar-refractivity contribution in [2.24, 2.45) is 4.99 Å². The zero-order valence-electron chi connectivity index (χ0n) is 17.0. The van der Waals surface area contributed by atoms with Crippen LogP contribution in [0.1, 0.15) is 52.8 Å². The average molecular weight is 334 g/mol. The summed E-state index contributed by atoms with van der Waals surface area (Å²) in [4.78, 5) is 4.92. The van der Waals surface area contributed by atoms with Gasteiger partial charge in [0.1, 0.15) is 0 Å². The van der Waals surface area contributed by atoms with Crippen molar-refractivity contribution >= 4 is 11.4 Å². The molecule has 0 aliphatic carbocycles. The summed E-state index contributed by atoms with van der Waals surface area (Å²) in [6.45, 7) is 17.3. The fraction of sp³-hybridized carbons (Fsp3) is 0.375. The summed E-state index contributed by atoms with van der Waals surface area (Å²) >= 11 is 0. The van der Waals surface area contributed by atoms with Gasteiger partial charge in [-0.2, -0.15) is 0 Å². The first-order valence-electron chi connectivity index (χ1n) is 9.06. The van der Waals surface area contributed by atoms with Crippen LogP contribution >= 0.6 is 0 Å². The normalized spacial score (nSPS) is 12.6. The molecular formula is C24H31N. The van der Waals surface area contributed by atoms with E-state index in [0.29, 0.717) is 0 Å². The third-order valence-corrected chi connectivity index (χ3v) is 4.94. The highest BCUT2D eigenvalue weighted by atomic mass is 14.8. The topological polar surface area (TPSA) is 12.4 Å². The Morgan fingerprint density at radius 2 is 1.20 bits per heavy atom. The van der Waals surface area contributed by atoms with E-state index >= 15 is 0 Å². The van der Waals surface area contributed by atoms with Gasteiger partial charge in [0.15, 0.2) is 0 Å². The summed E-state index contributed by atoms with van der Waals surface area (Å²) in [5.41, 5.74) is 12.8. The van der Waals surface area contributed by atoms with E-state index in [9.17, 15) is 0 Å². The number of hydrogen-bond donors (Lipinski definition) is 0. The lowest BCUT2D eigenvalue weighted by Gasteiger charge is -2.11. The molecule has 0 bridgehead atoms. The van der Waals surface area contributed by atoms with Gasteiger partial charge in [0.25, 0.3) is 0 Å². The highest BCUT2D eigenvalue weighted by Crippen LogP contribution is 2.26. The molecule has 1 nitrogen and oxygen atoms in total. The Balaban J connectivity index is 2.28. The minimum Gasteiger partial charge on any atom is -0.253 e. The Kier molecular flexibility index (Phi) is 6.00. The number of allylic oxidation sites excluding steroid dienone is 2. The molecule has 0 atom stereocenters. The van der Waals surface area contributed by atoms with E-state index < -0.39 is 0 Å². The van der Waals surface area contributed by atoms with Crippen molar-refractivity contribution in [3.63, 3.8) is 0 Å². The molecule has 0 aromatic heterocycles. The molecule has 0 spiro atoms. The second kappa shape index (κ2) is 7.82. The molecule has 0 aliphatic rings. The quantitative estimate of drug-likeness (QED) is 0.544. The van der Waals surface area contributed by atoms with Gasteiger partial charge >= 0.3 is 0 Å². The fourth-order valence-corrected chi connectivity index (χ4v) is 3.54. The Morgan fingerprint density at radius 3 is 1.68 bits per heavy atom. The lowest BCUT2D eigenvalue weighted by atomic mass is 9.96. The average Bonchev–Trinajstić information content (AvgIpc) is 2.49. The first-order chi connectivity index (χ1) is 11.7. The van der Waals surface area contributed by atoms with E-state index in [2.05, 4.69) is 85.7 Å². The number of nitrogens with zero attached hydrogens (tertiary/aromatic N) is 1. The molecular weight excluding hydrogens is 302 g/mol. The minimum absolute atomic E-state index is 0.961. The van der Waals surface area contributed by atoms with Crippen LogP contribution in [-0.2, 0) is 6.42 Å². The smallest absolute Gasteiger partial charge is 0.0691 e. The molecule has 0 N–H and O–H groups in total. The number of hydrogen-bond acceptors (Lipinski definition) is 1. The van der Waals surface area contributed by atoms with E-state index in [1.54, 1.807) is 0 Å². The SMILES string of the molecule is CC(=CCc1c(C)cc(C)cc1C)C(C)=Nc1c(C)cc(C)cc1C. The van der Waals surface area contributed by atoms with Crippen LogP contribution in [-0.4, -0.2) is 5.71 Å². The third kappa shape index (κ3) is 4.69. The molecule has 132 valence electrons. The van der Waals surface area contributed by atoms with Crippen molar-refractivity contribution in [1.29, 1.82) is 0 Å². The minimum atomic E-state index is 0.961. The van der Waals surface area contributed by atoms with E-state index in [1.807, 2.05) is 0 Å². The van der Waals surface area contributed by atoms with Crippen molar-refractivity contribution in [2.45, 2.75) is 61.8 Å². The molecule has 0 unspecified atom stereocenters. The Morgan fingerprint density at radius 1 is 0.760 bits per heavy atom. The zero-order valence-corrected chi connectivity index (χ0v) is 17.0. The molecule has 0 saturated heterocycles. The van der Waals surface area contributed by atoms with Gasteiger partial charge in [-0.05, 0) is 95.2 Å². The molecule has 0 aliphatic heterocycles. The summed E-state index contributed by atoms with van der Waals surface area (Å²) < 4.78 is 0. The van der Waals surface area contributed by atoms with E-state index in [0.717, 1.165) is 17.8 Å². The van der Waals surface area contributed by atoms with Gasteiger partial charge in [-0.25, -0.2) is 0 Å². The molecule has 0 heterocycles. The van der Waals surface area contributed by atoms with Crippen molar-refractivity contribution in [3.8, 4) is 0 Å². The van der Waals surface area contributed by atoms with Crippen LogP contribution in [0.4, 0.5) is 5.69 Å². The molecule has 2 rings (SSSR count). The van der Waals surface area contributed by atoms with E-state index in [1.165, 1.54) is 44.5 Å². The molecule has 2 aromatic carbocycles. The molecule has 0 fully saturated rings. The molecule has 25 heavy (non-hydrogen) atoms. The van der Waals surface area contributed by atoms with E-state index in [4.69, 9.17) is 4.99 Å². The maximum absolute atomic E-state index is 4.92.